The quantitative estimate of drug-likeness (QED) is 0.497. The van der Waals surface area contributed by atoms with Crippen molar-refractivity contribution < 1.29 is 23.8 Å². The maximum absolute atomic E-state index is 13.8. The molecule has 1 aliphatic rings. The zero-order valence-corrected chi connectivity index (χ0v) is 21.4. The number of hydrogen-bond donors (Lipinski definition) is 0. The highest BCUT2D eigenvalue weighted by Crippen LogP contribution is 2.51. The Kier molecular flexibility index (Phi) is 7.85. The third kappa shape index (κ3) is 5.58. The van der Waals surface area contributed by atoms with Crippen molar-refractivity contribution in [3.05, 3.63) is 52.5 Å². The lowest BCUT2D eigenvalue weighted by Gasteiger charge is -2.31. The average Bonchev–Trinajstić information content (AvgIpc) is 2.87. The first-order valence-electron chi connectivity index (χ1n) is 10.6. The van der Waals surface area contributed by atoms with E-state index >= 15 is 0 Å². The highest BCUT2D eigenvalue weighted by atomic mass is 35.5. The van der Waals surface area contributed by atoms with Gasteiger partial charge in [0.15, 0.2) is 11.5 Å². The number of ether oxygens (including phenoxy) is 3. The number of amides is 1. The predicted octanol–water partition coefficient (Wildman–Crippen LogP) is 5.50. The zero-order chi connectivity index (χ0) is 24.3. The molecule has 0 saturated heterocycles. The lowest BCUT2D eigenvalue weighted by atomic mass is 9.94. The van der Waals surface area contributed by atoms with Gasteiger partial charge in [-0.2, -0.15) is 0 Å². The third-order valence-electron chi connectivity index (χ3n) is 5.33. The minimum absolute atomic E-state index is 0.0366. The lowest BCUT2D eigenvalue weighted by molar-refractivity contribution is -0.141. The van der Waals surface area contributed by atoms with Gasteiger partial charge in [0.2, 0.25) is 5.91 Å². The average molecular weight is 492 g/mol. The van der Waals surface area contributed by atoms with Crippen molar-refractivity contribution >= 4 is 40.9 Å². The molecule has 3 rings (SSSR count). The number of fused-ring (bicyclic) bond motifs is 1. The van der Waals surface area contributed by atoms with E-state index in [1.165, 1.54) is 18.9 Å². The Morgan fingerprint density at radius 1 is 1.09 bits per heavy atom. The van der Waals surface area contributed by atoms with Crippen LogP contribution in [0.4, 0.5) is 5.69 Å². The van der Waals surface area contributed by atoms with Crippen LogP contribution in [0.3, 0.4) is 0 Å². The van der Waals surface area contributed by atoms with E-state index in [1.54, 1.807) is 25.2 Å². The van der Waals surface area contributed by atoms with Crippen molar-refractivity contribution in [3.8, 4) is 11.5 Å². The molecule has 0 bridgehead atoms. The second kappa shape index (κ2) is 10.3. The number of thioether (sulfide) groups is 1. The summed E-state index contributed by atoms with van der Waals surface area (Å²) in [4.78, 5) is 27.8. The number of esters is 1. The second-order valence-electron chi connectivity index (χ2n) is 9.06. The number of rotatable bonds is 6. The molecule has 1 heterocycles. The van der Waals surface area contributed by atoms with Crippen LogP contribution in [-0.2, 0) is 14.3 Å². The van der Waals surface area contributed by atoms with Gasteiger partial charge in [0, 0.05) is 22.8 Å². The number of para-hydroxylation sites is 1. The van der Waals surface area contributed by atoms with Crippen LogP contribution in [0.5, 0.6) is 11.5 Å². The van der Waals surface area contributed by atoms with E-state index in [4.69, 9.17) is 25.8 Å². The summed E-state index contributed by atoms with van der Waals surface area (Å²) in [5.41, 5.74) is 2.32. The summed E-state index contributed by atoms with van der Waals surface area (Å²) in [5, 5.41) is -0.407. The first kappa shape index (κ1) is 25.2. The Labute approximate surface area is 204 Å². The normalized spacial score (nSPS) is 18.4. The molecule has 0 fully saturated rings. The second-order valence-corrected chi connectivity index (χ2v) is 10.8. The Morgan fingerprint density at radius 2 is 1.82 bits per heavy atom. The van der Waals surface area contributed by atoms with Crippen LogP contribution in [0, 0.1) is 5.41 Å². The first-order valence-corrected chi connectivity index (χ1v) is 12.0. The summed E-state index contributed by atoms with van der Waals surface area (Å²) >= 11 is 7.83. The lowest BCUT2D eigenvalue weighted by Crippen LogP contribution is -2.42. The van der Waals surface area contributed by atoms with Gasteiger partial charge in [-0.1, -0.05) is 44.5 Å². The minimum atomic E-state index is -0.646. The molecule has 0 spiro atoms. The molecule has 0 N–H and O–H groups in total. The molecule has 0 radical (unpaired) electrons. The van der Waals surface area contributed by atoms with Gasteiger partial charge in [0.25, 0.3) is 0 Å². The molecule has 6 nitrogen and oxygen atoms in total. The van der Waals surface area contributed by atoms with Crippen LogP contribution < -0.4 is 14.4 Å². The van der Waals surface area contributed by atoms with Crippen molar-refractivity contribution in [3.63, 3.8) is 0 Å². The monoisotopic (exact) mass is 491 g/mol. The molecule has 2 atom stereocenters. The molecule has 8 heteroatoms. The summed E-state index contributed by atoms with van der Waals surface area (Å²) in [7, 11) is 4.50. The van der Waals surface area contributed by atoms with Crippen molar-refractivity contribution in [1.82, 2.24) is 0 Å². The molecule has 0 saturated carbocycles. The maximum atomic E-state index is 13.8. The number of carbonyl (C=O) groups is 2. The van der Waals surface area contributed by atoms with Crippen molar-refractivity contribution in [2.24, 2.45) is 5.41 Å². The Bertz CT molecular complexity index is 1040. The molecule has 0 unspecified atom stereocenters. The molecule has 178 valence electrons. The number of benzene rings is 2. The van der Waals surface area contributed by atoms with Crippen molar-refractivity contribution in [2.45, 2.75) is 37.7 Å². The Balaban J connectivity index is 2.26. The van der Waals surface area contributed by atoms with Crippen LogP contribution in [0.1, 0.15) is 43.6 Å². The molecule has 2 aromatic carbocycles. The van der Waals surface area contributed by atoms with Crippen LogP contribution in [0.25, 0.3) is 0 Å². The summed E-state index contributed by atoms with van der Waals surface area (Å²) in [5.74, 6) is 0.605. The molecule has 1 amide bonds. The zero-order valence-electron chi connectivity index (χ0n) is 19.8. The van der Waals surface area contributed by atoms with Gasteiger partial charge in [-0.25, -0.2) is 0 Å². The van der Waals surface area contributed by atoms with Gasteiger partial charge in [-0.15, -0.1) is 11.8 Å². The van der Waals surface area contributed by atoms with E-state index in [0.717, 1.165) is 16.8 Å². The van der Waals surface area contributed by atoms with Crippen LogP contribution in [0.2, 0.25) is 5.02 Å². The molecule has 33 heavy (non-hydrogen) atoms. The largest absolute Gasteiger partial charge is 0.493 e. The molecule has 1 aliphatic heterocycles. The van der Waals surface area contributed by atoms with E-state index in [0.29, 0.717) is 23.1 Å². The SMILES string of the molecule is COC(=O)C[C@H]1S[C@H](c2cccc(OC)c2OC)c2cc(Cl)ccc2N(CC(C)(C)C)C1=O. The topological polar surface area (TPSA) is 65.1 Å². The fourth-order valence-electron chi connectivity index (χ4n) is 3.94. The van der Waals surface area contributed by atoms with Gasteiger partial charge in [-0.3, -0.25) is 9.59 Å². The van der Waals surface area contributed by atoms with Gasteiger partial charge in [-0.05, 0) is 35.2 Å². The van der Waals surface area contributed by atoms with Gasteiger partial charge in [0.05, 0.1) is 38.3 Å². The third-order valence-corrected chi connectivity index (χ3v) is 7.04. The number of anilines is 1. The summed E-state index contributed by atoms with van der Waals surface area (Å²) in [6.07, 6.45) is -0.0366. The summed E-state index contributed by atoms with van der Waals surface area (Å²) in [6.45, 7) is 6.71. The Hall–Kier alpha value is -2.38. The fourth-order valence-corrected chi connectivity index (χ4v) is 5.59. The predicted molar refractivity (Wildman–Crippen MR) is 133 cm³/mol. The van der Waals surface area contributed by atoms with E-state index in [-0.39, 0.29) is 23.0 Å². The highest BCUT2D eigenvalue weighted by Gasteiger charge is 2.40. The van der Waals surface area contributed by atoms with Crippen LogP contribution >= 0.6 is 23.4 Å². The smallest absolute Gasteiger partial charge is 0.307 e. The van der Waals surface area contributed by atoms with Gasteiger partial charge in [0.1, 0.15) is 0 Å². The van der Waals surface area contributed by atoms with E-state index in [1.807, 2.05) is 30.3 Å². The minimum Gasteiger partial charge on any atom is -0.493 e. The van der Waals surface area contributed by atoms with Crippen LogP contribution in [-0.4, -0.2) is 45.0 Å². The number of methoxy groups -OCH3 is 3. The van der Waals surface area contributed by atoms with E-state index < -0.39 is 11.2 Å². The maximum Gasteiger partial charge on any atom is 0.307 e. The number of nitrogens with zero attached hydrogens (tertiary/aromatic N) is 1. The molecular weight excluding hydrogens is 462 g/mol. The molecular formula is C25H30ClNO5S. The first-order chi connectivity index (χ1) is 15.6. The molecule has 0 aromatic heterocycles. The highest BCUT2D eigenvalue weighted by molar-refractivity contribution is 8.01. The van der Waals surface area contributed by atoms with Gasteiger partial charge >= 0.3 is 5.97 Å². The number of carbonyl (C=O) groups excluding carboxylic acids is 2. The van der Waals surface area contributed by atoms with Crippen molar-refractivity contribution in [1.29, 1.82) is 0 Å². The fraction of sp³-hybridized carbons (Fsp3) is 0.440. The van der Waals surface area contributed by atoms with Gasteiger partial charge < -0.3 is 19.1 Å². The number of hydrogen-bond acceptors (Lipinski definition) is 6. The Morgan fingerprint density at radius 3 is 2.42 bits per heavy atom. The summed E-state index contributed by atoms with van der Waals surface area (Å²) < 4.78 is 16.1. The number of halogens is 1. The van der Waals surface area contributed by atoms with Crippen LogP contribution in [0.15, 0.2) is 36.4 Å². The standard InChI is InChI=1S/C25H30ClNO5S/c1-25(2,3)14-27-18-11-10-15(26)12-17(18)23(33-20(24(27)29)13-21(28)31-5)16-8-7-9-19(30-4)22(16)32-6/h7-12,20,23H,13-14H2,1-6H3/t20-,23-/m1/s1. The van der Waals surface area contributed by atoms with E-state index in [9.17, 15) is 9.59 Å². The van der Waals surface area contributed by atoms with E-state index in [2.05, 4.69) is 20.8 Å². The molecule has 0 aliphatic carbocycles. The van der Waals surface area contributed by atoms with Crippen molar-refractivity contribution in [2.75, 3.05) is 32.8 Å². The summed E-state index contributed by atoms with van der Waals surface area (Å²) in [6, 6.07) is 11.2. The molecule has 2 aromatic rings.